The first kappa shape index (κ1) is 29.2. The van der Waals surface area contributed by atoms with Gasteiger partial charge in [0.1, 0.15) is 6.04 Å². The van der Waals surface area contributed by atoms with Gasteiger partial charge in [-0.15, -0.1) is 0 Å². The Kier molecular flexibility index (Phi) is 8.32. The number of carbonyl (C=O) groups excluding carboxylic acids is 2. The molecule has 0 bridgehead atoms. The summed E-state index contributed by atoms with van der Waals surface area (Å²) in [6.07, 6.45) is 1.19. The molecule has 1 saturated heterocycles. The molecular weight excluding hydrogens is 539 g/mol. The summed E-state index contributed by atoms with van der Waals surface area (Å²) in [5.41, 5.74) is -0.236. The molecule has 4 rings (SSSR count). The van der Waals surface area contributed by atoms with Gasteiger partial charge in [-0.05, 0) is 82.9 Å². The topological polar surface area (TPSA) is 125 Å². The number of amides is 2. The molecule has 1 aromatic heterocycles. The third-order valence-corrected chi connectivity index (χ3v) is 7.24. The van der Waals surface area contributed by atoms with E-state index in [-0.39, 0.29) is 34.6 Å². The maximum atomic E-state index is 15.0. The van der Waals surface area contributed by atoms with Gasteiger partial charge in [0.25, 0.3) is 5.91 Å². The van der Waals surface area contributed by atoms with Gasteiger partial charge in [-0.25, -0.2) is 9.49 Å². The van der Waals surface area contributed by atoms with Gasteiger partial charge >= 0.3 is 5.56 Å². The molecule has 2 heterocycles. The second-order valence-electron chi connectivity index (χ2n) is 10.7. The molecule has 3 aromatic rings. The number of nitrogens with zero attached hydrogens (tertiary/aromatic N) is 2. The van der Waals surface area contributed by atoms with Gasteiger partial charge in [0.05, 0.1) is 23.4 Å². The number of benzene rings is 2. The van der Waals surface area contributed by atoms with Crippen molar-refractivity contribution in [3.05, 3.63) is 86.0 Å². The van der Waals surface area contributed by atoms with Crippen molar-refractivity contribution in [1.29, 1.82) is 0 Å². The van der Waals surface area contributed by atoms with Crippen LogP contribution in [-0.4, -0.2) is 49.7 Å². The average molecular weight is 571 g/mol. The Hall–Kier alpha value is -3.76. The van der Waals surface area contributed by atoms with E-state index in [1.807, 2.05) is 6.07 Å². The number of aryl methyl sites for hydroxylation is 2. The molecule has 212 valence electrons. The van der Waals surface area contributed by atoms with Gasteiger partial charge in [-0.2, -0.15) is 5.10 Å². The van der Waals surface area contributed by atoms with Crippen LogP contribution in [0.1, 0.15) is 66.8 Å². The van der Waals surface area contributed by atoms with Gasteiger partial charge in [0.2, 0.25) is 5.91 Å². The summed E-state index contributed by atoms with van der Waals surface area (Å²) in [5, 5.41) is 20.1. The lowest BCUT2D eigenvalue weighted by Gasteiger charge is -2.38. The minimum atomic E-state index is -1.18. The van der Waals surface area contributed by atoms with Crippen LogP contribution in [0.4, 0.5) is 4.39 Å². The number of halogens is 2. The molecule has 0 aliphatic carbocycles. The SMILES string of the molecule is Cc1cc(Oc2c(C)cc(C(=O)NC(C)C(=O)N3[C@H](c4cccc(Cl)c4)CC[C@@H]3C(C)(C)O)cc2F)c(=O)[nH]n1. The number of aromatic amines is 1. The fraction of sp³-hybridized carbons (Fsp3) is 0.379. The zero-order valence-corrected chi connectivity index (χ0v) is 23.7. The second kappa shape index (κ2) is 11.4. The van der Waals surface area contributed by atoms with E-state index in [2.05, 4.69) is 15.5 Å². The predicted molar refractivity (Wildman–Crippen MR) is 148 cm³/mol. The number of carbonyl (C=O) groups is 2. The molecule has 2 aromatic carbocycles. The first-order valence-electron chi connectivity index (χ1n) is 12.9. The highest BCUT2D eigenvalue weighted by molar-refractivity contribution is 6.30. The van der Waals surface area contributed by atoms with Crippen LogP contribution in [-0.2, 0) is 4.79 Å². The van der Waals surface area contributed by atoms with E-state index < -0.39 is 35.0 Å². The highest BCUT2D eigenvalue weighted by Gasteiger charge is 2.45. The number of hydrogen-bond acceptors (Lipinski definition) is 6. The number of nitrogens with one attached hydrogen (secondary N) is 2. The molecule has 3 atom stereocenters. The Balaban J connectivity index is 1.55. The monoisotopic (exact) mass is 570 g/mol. The molecule has 3 N–H and O–H groups in total. The Bertz CT molecular complexity index is 1480. The highest BCUT2D eigenvalue weighted by Crippen LogP contribution is 2.41. The molecule has 1 unspecified atom stereocenters. The standard InChI is InChI=1S/C29H32ClFN4O5/c1-15-11-19(14-21(31)25(15)40-23-12-16(2)33-34-27(23)37)26(36)32-17(3)28(38)35-22(9-10-24(35)29(4,5)39)18-7-6-8-20(30)13-18/h6-8,11-14,17,22,24,39H,9-10H2,1-5H3,(H,32,36)(H,34,37)/t17?,22-,24+/m0/s1. The minimum Gasteiger partial charge on any atom is -0.448 e. The zero-order chi connectivity index (χ0) is 29.4. The van der Waals surface area contributed by atoms with E-state index in [0.29, 0.717) is 23.6 Å². The Labute approximate surface area is 236 Å². The van der Waals surface area contributed by atoms with Gasteiger partial charge in [0.15, 0.2) is 17.3 Å². The molecule has 1 aliphatic rings. The third kappa shape index (κ3) is 6.18. The van der Waals surface area contributed by atoms with Crippen molar-refractivity contribution in [3.8, 4) is 11.5 Å². The lowest BCUT2D eigenvalue weighted by atomic mass is 9.96. The van der Waals surface area contributed by atoms with E-state index >= 15 is 4.39 Å². The summed E-state index contributed by atoms with van der Waals surface area (Å²) in [6, 6.07) is 9.20. The van der Waals surface area contributed by atoms with Crippen LogP contribution in [0.25, 0.3) is 0 Å². The number of likely N-dealkylation sites (tertiary alicyclic amines) is 1. The quantitative estimate of drug-likeness (QED) is 0.381. The molecular formula is C29H32ClFN4O5. The summed E-state index contributed by atoms with van der Waals surface area (Å²) in [4.78, 5) is 40.4. The Morgan fingerprint density at radius 3 is 2.60 bits per heavy atom. The molecule has 0 saturated carbocycles. The fourth-order valence-corrected chi connectivity index (χ4v) is 5.28. The molecule has 11 heteroatoms. The van der Waals surface area contributed by atoms with Crippen LogP contribution >= 0.6 is 11.6 Å². The van der Waals surface area contributed by atoms with Crippen LogP contribution in [0.3, 0.4) is 0 Å². The molecule has 2 amide bonds. The van der Waals surface area contributed by atoms with Crippen molar-refractivity contribution in [2.75, 3.05) is 0 Å². The second-order valence-corrected chi connectivity index (χ2v) is 11.1. The van der Waals surface area contributed by atoms with E-state index in [9.17, 15) is 19.5 Å². The van der Waals surface area contributed by atoms with Crippen molar-refractivity contribution in [2.24, 2.45) is 0 Å². The molecule has 0 radical (unpaired) electrons. The average Bonchev–Trinajstić information content (AvgIpc) is 3.33. The first-order valence-corrected chi connectivity index (χ1v) is 13.3. The number of ether oxygens (including phenoxy) is 1. The van der Waals surface area contributed by atoms with Crippen molar-refractivity contribution in [1.82, 2.24) is 20.4 Å². The van der Waals surface area contributed by atoms with E-state index in [1.165, 1.54) is 12.1 Å². The van der Waals surface area contributed by atoms with Crippen LogP contribution in [0.15, 0.2) is 47.3 Å². The first-order chi connectivity index (χ1) is 18.8. The number of rotatable bonds is 7. The number of aromatic nitrogens is 2. The zero-order valence-electron chi connectivity index (χ0n) is 22.9. The molecule has 1 aliphatic heterocycles. The van der Waals surface area contributed by atoms with Gasteiger partial charge in [-0.1, -0.05) is 23.7 Å². The summed E-state index contributed by atoms with van der Waals surface area (Å²) >= 11 is 6.20. The maximum Gasteiger partial charge on any atom is 0.307 e. The molecule has 0 spiro atoms. The van der Waals surface area contributed by atoms with Crippen molar-refractivity contribution in [2.45, 2.75) is 71.2 Å². The van der Waals surface area contributed by atoms with Crippen LogP contribution in [0.5, 0.6) is 11.5 Å². The van der Waals surface area contributed by atoms with E-state index in [4.69, 9.17) is 16.3 Å². The van der Waals surface area contributed by atoms with Gasteiger partial charge < -0.3 is 20.1 Å². The van der Waals surface area contributed by atoms with E-state index in [0.717, 1.165) is 11.6 Å². The molecule has 1 fully saturated rings. The lowest BCUT2D eigenvalue weighted by molar-refractivity contribution is -0.141. The van der Waals surface area contributed by atoms with Crippen LogP contribution in [0.2, 0.25) is 5.02 Å². The number of aliphatic hydroxyl groups is 1. The summed E-state index contributed by atoms with van der Waals surface area (Å²) in [5.74, 6) is -2.23. The molecule has 9 nitrogen and oxygen atoms in total. The summed E-state index contributed by atoms with van der Waals surface area (Å²) < 4.78 is 20.5. The van der Waals surface area contributed by atoms with Crippen molar-refractivity contribution < 1.29 is 23.8 Å². The van der Waals surface area contributed by atoms with Crippen molar-refractivity contribution >= 4 is 23.4 Å². The largest absolute Gasteiger partial charge is 0.448 e. The number of H-pyrrole nitrogens is 1. The van der Waals surface area contributed by atoms with Gasteiger partial charge in [0, 0.05) is 16.7 Å². The normalized spacial score (nSPS) is 17.9. The van der Waals surface area contributed by atoms with E-state index in [1.54, 1.807) is 57.7 Å². The van der Waals surface area contributed by atoms with Crippen molar-refractivity contribution in [3.63, 3.8) is 0 Å². The minimum absolute atomic E-state index is 0.0198. The third-order valence-electron chi connectivity index (χ3n) is 7.01. The maximum absolute atomic E-state index is 15.0. The summed E-state index contributed by atoms with van der Waals surface area (Å²) in [6.45, 7) is 8.04. The Morgan fingerprint density at radius 2 is 1.95 bits per heavy atom. The van der Waals surface area contributed by atoms with Crippen LogP contribution in [0, 0.1) is 19.7 Å². The fourth-order valence-electron chi connectivity index (χ4n) is 5.08. The predicted octanol–water partition coefficient (Wildman–Crippen LogP) is 4.59. The smallest absolute Gasteiger partial charge is 0.307 e. The van der Waals surface area contributed by atoms with Crippen LogP contribution < -0.4 is 15.6 Å². The summed E-state index contributed by atoms with van der Waals surface area (Å²) in [7, 11) is 0. The Morgan fingerprint density at radius 1 is 1.23 bits per heavy atom. The molecule has 40 heavy (non-hydrogen) atoms. The van der Waals surface area contributed by atoms with Gasteiger partial charge in [-0.3, -0.25) is 14.4 Å². The highest BCUT2D eigenvalue weighted by atomic mass is 35.5. The number of hydrogen-bond donors (Lipinski definition) is 3. The lowest BCUT2D eigenvalue weighted by Crippen LogP contribution is -2.54.